The summed E-state index contributed by atoms with van der Waals surface area (Å²) in [6.45, 7) is 10.8. The molecule has 1 aliphatic heterocycles. The van der Waals surface area contributed by atoms with Crippen molar-refractivity contribution in [2.24, 2.45) is 0 Å². The molecular formula is C40H49FN6O4. The number of hydrogen-bond acceptors (Lipinski definition) is 7. The molecule has 1 amide bonds. The largest absolute Gasteiger partial charge is 0.444 e. The molecule has 0 radical (unpaired) electrons. The Morgan fingerprint density at radius 2 is 1.59 bits per heavy atom. The summed E-state index contributed by atoms with van der Waals surface area (Å²) in [4.78, 5) is 49.9. The van der Waals surface area contributed by atoms with Gasteiger partial charge in [0.2, 0.25) is 0 Å². The van der Waals surface area contributed by atoms with E-state index >= 15 is 0 Å². The highest BCUT2D eigenvalue weighted by molar-refractivity contribution is 5.76. The monoisotopic (exact) mass is 696 g/mol. The zero-order valence-corrected chi connectivity index (χ0v) is 29.9. The average molecular weight is 697 g/mol. The van der Waals surface area contributed by atoms with Crippen molar-refractivity contribution in [3.8, 4) is 16.8 Å². The van der Waals surface area contributed by atoms with Gasteiger partial charge in [0, 0.05) is 50.8 Å². The number of fused-ring (bicyclic) bond motifs is 1. The van der Waals surface area contributed by atoms with E-state index in [0.29, 0.717) is 31.4 Å². The Balaban J connectivity index is 1.11. The molecule has 0 atom stereocenters. The van der Waals surface area contributed by atoms with Gasteiger partial charge >= 0.3 is 11.8 Å². The maximum absolute atomic E-state index is 14.5. The van der Waals surface area contributed by atoms with E-state index in [2.05, 4.69) is 44.4 Å². The highest BCUT2D eigenvalue weighted by atomic mass is 19.1. The number of carbonyl (C=O) groups is 1. The fourth-order valence-electron chi connectivity index (χ4n) is 8.13. The Morgan fingerprint density at radius 1 is 0.882 bits per heavy atom. The smallest absolute Gasteiger partial charge is 0.407 e. The number of piperazine rings is 1. The Hall–Kier alpha value is -4.35. The highest BCUT2D eigenvalue weighted by Gasteiger charge is 2.30. The molecule has 3 heterocycles. The van der Waals surface area contributed by atoms with Crippen molar-refractivity contribution in [2.45, 2.75) is 102 Å². The summed E-state index contributed by atoms with van der Waals surface area (Å²) in [5.41, 5.74) is 2.15. The first-order chi connectivity index (χ1) is 24.5. The number of rotatable bonds is 7. The van der Waals surface area contributed by atoms with Gasteiger partial charge in [-0.25, -0.2) is 23.5 Å². The Labute approximate surface area is 298 Å². The van der Waals surface area contributed by atoms with E-state index in [-0.39, 0.29) is 17.1 Å². The van der Waals surface area contributed by atoms with Crippen LogP contribution >= 0.6 is 0 Å². The summed E-state index contributed by atoms with van der Waals surface area (Å²) < 4.78 is 22.6. The van der Waals surface area contributed by atoms with Crippen LogP contribution in [-0.2, 0) is 11.3 Å². The molecule has 11 heteroatoms. The van der Waals surface area contributed by atoms with E-state index in [0.717, 1.165) is 62.2 Å². The van der Waals surface area contributed by atoms with Crippen molar-refractivity contribution in [3.63, 3.8) is 0 Å². The van der Waals surface area contributed by atoms with E-state index < -0.39 is 34.8 Å². The number of amides is 1. The Bertz CT molecular complexity index is 1980. The van der Waals surface area contributed by atoms with Crippen LogP contribution < -0.4 is 16.6 Å². The van der Waals surface area contributed by atoms with Crippen LogP contribution in [-0.4, -0.2) is 73.9 Å². The average Bonchev–Trinajstić information content (AvgIpc) is 3.65. The lowest BCUT2D eigenvalue weighted by Gasteiger charge is -2.38. The van der Waals surface area contributed by atoms with Gasteiger partial charge in [-0.2, -0.15) is 0 Å². The van der Waals surface area contributed by atoms with Crippen LogP contribution in [0, 0.1) is 5.82 Å². The number of pyridine rings is 1. The molecule has 51 heavy (non-hydrogen) atoms. The first-order valence-electron chi connectivity index (χ1n) is 18.5. The minimum atomic E-state index is -0.647. The number of halogens is 1. The zero-order chi connectivity index (χ0) is 35.7. The number of hydrogen-bond donors (Lipinski definition) is 1. The van der Waals surface area contributed by atoms with Crippen LogP contribution in [0.3, 0.4) is 0 Å². The summed E-state index contributed by atoms with van der Waals surface area (Å²) in [5.74, 6) is -0.647. The van der Waals surface area contributed by atoms with Gasteiger partial charge in [0.15, 0.2) is 5.65 Å². The highest BCUT2D eigenvalue weighted by Crippen LogP contribution is 2.29. The second-order valence-corrected chi connectivity index (χ2v) is 15.5. The molecule has 0 bridgehead atoms. The second kappa shape index (κ2) is 14.7. The van der Waals surface area contributed by atoms with Gasteiger partial charge in [0.05, 0.1) is 17.3 Å². The van der Waals surface area contributed by atoms with Crippen molar-refractivity contribution < 1.29 is 13.9 Å². The number of benzene rings is 2. The summed E-state index contributed by atoms with van der Waals surface area (Å²) in [6, 6.07) is 17.6. The summed E-state index contributed by atoms with van der Waals surface area (Å²) in [6.07, 6.45) is 8.11. The number of nitrogens with zero attached hydrogens (tertiary/aromatic N) is 5. The first-order valence-corrected chi connectivity index (χ1v) is 18.5. The van der Waals surface area contributed by atoms with Gasteiger partial charge in [-0.1, -0.05) is 49.2 Å². The number of carbonyl (C=O) groups excluding carboxylic acids is 1. The second-order valence-electron chi connectivity index (χ2n) is 15.5. The first kappa shape index (κ1) is 35.1. The Morgan fingerprint density at radius 3 is 2.27 bits per heavy atom. The fraction of sp³-hybridized carbons (Fsp3) is 0.500. The molecular weight excluding hydrogens is 647 g/mol. The van der Waals surface area contributed by atoms with Gasteiger partial charge in [0.1, 0.15) is 11.4 Å². The number of nitrogens with one attached hydrogen (secondary N) is 1. The number of aromatic nitrogens is 3. The van der Waals surface area contributed by atoms with Crippen molar-refractivity contribution in [1.29, 1.82) is 0 Å². The molecule has 1 saturated heterocycles. The van der Waals surface area contributed by atoms with Gasteiger partial charge < -0.3 is 10.1 Å². The molecule has 1 N–H and O–H groups in total. The van der Waals surface area contributed by atoms with E-state index in [1.807, 2.05) is 45.0 Å². The molecule has 2 aromatic carbocycles. The van der Waals surface area contributed by atoms with E-state index in [1.54, 1.807) is 0 Å². The van der Waals surface area contributed by atoms with Crippen molar-refractivity contribution in [2.75, 3.05) is 26.2 Å². The maximum Gasteiger partial charge on any atom is 0.407 e. The summed E-state index contributed by atoms with van der Waals surface area (Å²) in [5, 5.41) is 2.96. The molecule has 3 aliphatic rings. The van der Waals surface area contributed by atoms with E-state index in [1.165, 1.54) is 40.4 Å². The number of ether oxygens (including phenoxy) is 1. The van der Waals surface area contributed by atoms with Gasteiger partial charge in [-0.15, -0.1) is 0 Å². The van der Waals surface area contributed by atoms with Crippen LogP contribution in [0.4, 0.5) is 9.18 Å². The maximum atomic E-state index is 14.5. The lowest BCUT2D eigenvalue weighted by molar-refractivity contribution is 0.0487. The topological polar surface area (TPSA) is 102 Å². The minimum Gasteiger partial charge on any atom is -0.444 e. The van der Waals surface area contributed by atoms with Crippen molar-refractivity contribution in [3.05, 3.63) is 93.0 Å². The van der Waals surface area contributed by atoms with Gasteiger partial charge in [0.25, 0.3) is 5.56 Å². The van der Waals surface area contributed by atoms with Crippen LogP contribution in [0.1, 0.15) is 83.7 Å². The van der Waals surface area contributed by atoms with Crippen LogP contribution in [0.15, 0.2) is 70.4 Å². The van der Waals surface area contributed by atoms with Crippen LogP contribution in [0.25, 0.3) is 27.8 Å². The molecule has 10 nitrogen and oxygen atoms in total. The lowest BCUT2D eigenvalue weighted by Crippen LogP contribution is -2.49. The molecule has 2 aliphatic carbocycles. The molecule has 2 saturated carbocycles. The summed E-state index contributed by atoms with van der Waals surface area (Å²) >= 11 is 0. The van der Waals surface area contributed by atoms with Gasteiger partial charge in [-0.05, 0) is 94.2 Å². The normalized spacial score (nSPS) is 20.9. The molecule has 270 valence electrons. The van der Waals surface area contributed by atoms with E-state index in [4.69, 9.17) is 4.74 Å². The zero-order valence-electron chi connectivity index (χ0n) is 29.9. The van der Waals surface area contributed by atoms with Crippen molar-refractivity contribution in [1.82, 2.24) is 29.2 Å². The molecule has 4 aromatic rings. The fourth-order valence-corrected chi connectivity index (χ4v) is 8.13. The Kier molecular flexibility index (Phi) is 10.1. The molecule has 3 fully saturated rings. The lowest BCUT2D eigenvalue weighted by atomic mass is 9.91. The van der Waals surface area contributed by atoms with Gasteiger partial charge in [-0.3, -0.25) is 19.2 Å². The standard InChI is InChI=1S/C40H49FN6O4/c1-40(2,3)51-38(49)43-31-15-17-33(18-16-31)47-37(48)35-24-30(41)25-42-36(35)46(39(47)50)34-10-6-7-29(23-34)28-13-11-27(12-14-28)26-44-19-21-45(22-20-44)32-8-4-5-9-32/h6-7,10-14,23-25,31-33H,4-5,8-9,15-22,26H2,1-3H3,(H,43,49)/t31-,33+. The third-order valence-corrected chi connectivity index (χ3v) is 10.7. The third kappa shape index (κ3) is 7.94. The number of alkyl carbamates (subject to hydrolysis) is 1. The minimum absolute atomic E-state index is 0.0439. The molecule has 2 aromatic heterocycles. The van der Waals surface area contributed by atoms with Crippen LogP contribution in [0.5, 0.6) is 0 Å². The van der Waals surface area contributed by atoms with E-state index in [9.17, 15) is 18.8 Å². The third-order valence-electron chi connectivity index (χ3n) is 10.7. The molecule has 0 spiro atoms. The predicted octanol–water partition coefficient (Wildman–Crippen LogP) is 6.42. The van der Waals surface area contributed by atoms with Crippen LogP contribution in [0.2, 0.25) is 0 Å². The molecule has 7 rings (SSSR count). The summed E-state index contributed by atoms with van der Waals surface area (Å²) in [7, 11) is 0. The predicted molar refractivity (Wildman–Crippen MR) is 197 cm³/mol. The molecule has 0 unspecified atom stereocenters. The quantitative estimate of drug-likeness (QED) is 0.238. The van der Waals surface area contributed by atoms with Crippen molar-refractivity contribution >= 4 is 17.1 Å². The SMILES string of the molecule is CC(C)(C)OC(=O)N[C@H]1CC[C@@H](n2c(=O)c3cc(F)cnc3n(-c3cccc(-c4ccc(CN5CCN(C6CCCC6)CC5)cc4)c3)c2=O)CC1.